The van der Waals surface area contributed by atoms with Gasteiger partial charge in [0.1, 0.15) is 5.76 Å². The van der Waals surface area contributed by atoms with Crippen molar-refractivity contribution in [1.29, 1.82) is 0 Å². The van der Waals surface area contributed by atoms with Crippen LogP contribution in [0.5, 0.6) is 0 Å². The maximum Gasteiger partial charge on any atom is 0.137 e. The van der Waals surface area contributed by atoms with Crippen LogP contribution in [-0.4, -0.2) is 17.7 Å². The predicted molar refractivity (Wildman–Crippen MR) is 64.7 cm³/mol. The number of rotatable bonds is 4. The van der Waals surface area contributed by atoms with Gasteiger partial charge in [0.15, 0.2) is 0 Å². The van der Waals surface area contributed by atoms with Gasteiger partial charge in [0, 0.05) is 18.2 Å². The minimum atomic E-state index is 0.492. The molecule has 16 heavy (non-hydrogen) atoms. The first-order valence-electron chi connectivity index (χ1n) is 6.34. The van der Waals surface area contributed by atoms with Crippen LogP contribution in [0.3, 0.4) is 0 Å². The van der Waals surface area contributed by atoms with Gasteiger partial charge >= 0.3 is 0 Å². The van der Waals surface area contributed by atoms with Crippen molar-refractivity contribution in [2.45, 2.75) is 58.4 Å². The summed E-state index contributed by atoms with van der Waals surface area (Å²) in [5.41, 5.74) is 2.32. The Hall–Kier alpha value is -0.830. The van der Waals surface area contributed by atoms with Gasteiger partial charge in [0.25, 0.3) is 0 Å². The summed E-state index contributed by atoms with van der Waals surface area (Å²) in [5, 5.41) is 7.67. The van der Waals surface area contributed by atoms with Crippen LogP contribution < -0.4 is 5.32 Å². The second-order valence-electron chi connectivity index (χ2n) is 5.03. The molecule has 0 radical (unpaired) electrons. The Kier molecular flexibility index (Phi) is 3.64. The molecule has 0 aromatic carbocycles. The number of hydrogen-bond acceptors (Lipinski definition) is 3. The molecule has 1 unspecified atom stereocenters. The average molecular weight is 222 g/mol. The molecule has 1 N–H and O–H groups in total. The summed E-state index contributed by atoms with van der Waals surface area (Å²) in [4.78, 5) is 0. The Morgan fingerprint density at radius 1 is 1.38 bits per heavy atom. The van der Waals surface area contributed by atoms with Crippen LogP contribution >= 0.6 is 0 Å². The topological polar surface area (TPSA) is 38.1 Å². The van der Waals surface area contributed by atoms with Crippen molar-refractivity contribution in [3.63, 3.8) is 0 Å². The van der Waals surface area contributed by atoms with Crippen molar-refractivity contribution >= 4 is 0 Å². The Morgan fingerprint density at radius 3 is 2.62 bits per heavy atom. The number of nitrogens with one attached hydrogen (secondary N) is 1. The molecule has 0 saturated heterocycles. The lowest BCUT2D eigenvalue weighted by Gasteiger charge is -2.16. The first-order chi connectivity index (χ1) is 7.68. The van der Waals surface area contributed by atoms with Gasteiger partial charge < -0.3 is 9.84 Å². The third kappa shape index (κ3) is 2.46. The molecule has 2 rings (SSSR count). The van der Waals surface area contributed by atoms with Gasteiger partial charge in [-0.15, -0.1) is 0 Å². The van der Waals surface area contributed by atoms with Crippen LogP contribution in [-0.2, 0) is 0 Å². The molecule has 0 bridgehead atoms. The molecule has 1 aromatic rings. The quantitative estimate of drug-likeness (QED) is 0.851. The van der Waals surface area contributed by atoms with Crippen molar-refractivity contribution in [2.75, 3.05) is 6.54 Å². The molecule has 3 heteroatoms. The molecule has 3 nitrogen and oxygen atoms in total. The van der Waals surface area contributed by atoms with E-state index in [2.05, 4.69) is 17.4 Å². The molecule has 1 heterocycles. The van der Waals surface area contributed by atoms with Gasteiger partial charge in [-0.1, -0.05) is 24.9 Å². The summed E-state index contributed by atoms with van der Waals surface area (Å²) < 4.78 is 5.21. The molecule has 1 fully saturated rings. The van der Waals surface area contributed by atoms with Gasteiger partial charge in [-0.2, -0.15) is 0 Å². The fourth-order valence-corrected chi connectivity index (χ4v) is 2.77. The van der Waals surface area contributed by atoms with Crippen molar-refractivity contribution in [1.82, 2.24) is 10.5 Å². The molecule has 1 saturated carbocycles. The fraction of sp³-hybridized carbons (Fsp3) is 0.769. The van der Waals surface area contributed by atoms with Crippen LogP contribution in [0.25, 0.3) is 0 Å². The first kappa shape index (κ1) is 11.6. The Labute approximate surface area is 97.6 Å². The molecular weight excluding hydrogens is 200 g/mol. The lowest BCUT2D eigenvalue weighted by atomic mass is 9.99. The SMILES string of the molecule is Cc1noc(C)c1C(C)CNC1CCCC1. The maximum absolute atomic E-state index is 5.21. The summed E-state index contributed by atoms with van der Waals surface area (Å²) >= 11 is 0. The van der Waals surface area contributed by atoms with Gasteiger partial charge in [-0.25, -0.2) is 0 Å². The second kappa shape index (κ2) is 5.00. The zero-order valence-corrected chi connectivity index (χ0v) is 10.5. The normalized spacial score (nSPS) is 19.2. The van der Waals surface area contributed by atoms with Crippen LogP contribution in [0.15, 0.2) is 4.52 Å². The minimum absolute atomic E-state index is 0.492. The van der Waals surface area contributed by atoms with E-state index in [9.17, 15) is 0 Å². The van der Waals surface area contributed by atoms with E-state index in [1.807, 2.05) is 13.8 Å². The number of hydrogen-bond donors (Lipinski definition) is 1. The first-order valence-corrected chi connectivity index (χ1v) is 6.34. The second-order valence-corrected chi connectivity index (χ2v) is 5.03. The minimum Gasteiger partial charge on any atom is -0.361 e. The molecule has 0 amide bonds. The van der Waals surface area contributed by atoms with E-state index >= 15 is 0 Å². The van der Waals surface area contributed by atoms with Crippen molar-refractivity contribution in [2.24, 2.45) is 0 Å². The van der Waals surface area contributed by atoms with Crippen molar-refractivity contribution in [3.05, 3.63) is 17.0 Å². The zero-order chi connectivity index (χ0) is 11.5. The summed E-state index contributed by atoms with van der Waals surface area (Å²) in [6, 6.07) is 0.739. The highest BCUT2D eigenvalue weighted by atomic mass is 16.5. The van der Waals surface area contributed by atoms with Gasteiger partial charge in [0.05, 0.1) is 5.69 Å². The molecule has 0 aliphatic heterocycles. The standard InChI is InChI=1S/C13H22N2O/c1-9(8-14-12-6-4-5-7-12)13-10(2)15-16-11(13)3/h9,12,14H,4-8H2,1-3H3. The number of nitrogens with zero attached hydrogens (tertiary/aromatic N) is 1. The van der Waals surface area contributed by atoms with Crippen LogP contribution in [0.1, 0.15) is 55.5 Å². The van der Waals surface area contributed by atoms with Crippen LogP contribution in [0, 0.1) is 13.8 Å². The van der Waals surface area contributed by atoms with Gasteiger partial charge in [-0.3, -0.25) is 0 Å². The third-order valence-corrected chi connectivity index (χ3v) is 3.65. The van der Waals surface area contributed by atoms with E-state index < -0.39 is 0 Å². The molecule has 1 aliphatic carbocycles. The largest absolute Gasteiger partial charge is 0.361 e. The van der Waals surface area contributed by atoms with Crippen molar-refractivity contribution in [3.8, 4) is 0 Å². The molecule has 1 atom stereocenters. The molecule has 0 spiro atoms. The summed E-state index contributed by atoms with van der Waals surface area (Å²) in [6.07, 6.45) is 5.46. The fourth-order valence-electron chi connectivity index (χ4n) is 2.77. The van der Waals surface area contributed by atoms with Gasteiger partial charge in [0.2, 0.25) is 0 Å². The van der Waals surface area contributed by atoms with E-state index in [1.54, 1.807) is 0 Å². The lowest BCUT2D eigenvalue weighted by molar-refractivity contribution is 0.391. The van der Waals surface area contributed by atoms with E-state index in [4.69, 9.17) is 4.52 Å². The van der Waals surface area contributed by atoms with Crippen LogP contribution in [0.4, 0.5) is 0 Å². The zero-order valence-electron chi connectivity index (χ0n) is 10.5. The monoisotopic (exact) mass is 222 g/mol. The smallest absolute Gasteiger partial charge is 0.137 e. The third-order valence-electron chi connectivity index (χ3n) is 3.65. The van der Waals surface area contributed by atoms with E-state index in [0.717, 1.165) is 24.0 Å². The van der Waals surface area contributed by atoms with E-state index in [0.29, 0.717) is 5.92 Å². The number of aromatic nitrogens is 1. The van der Waals surface area contributed by atoms with E-state index in [1.165, 1.54) is 31.2 Å². The Bertz CT molecular complexity index is 320. The number of aryl methyl sites for hydroxylation is 2. The molecular formula is C13H22N2O. The highest BCUT2D eigenvalue weighted by Gasteiger charge is 2.19. The van der Waals surface area contributed by atoms with E-state index in [-0.39, 0.29) is 0 Å². The Morgan fingerprint density at radius 2 is 2.06 bits per heavy atom. The lowest BCUT2D eigenvalue weighted by Crippen LogP contribution is -2.29. The summed E-state index contributed by atoms with van der Waals surface area (Å²) in [6.45, 7) is 7.31. The summed E-state index contributed by atoms with van der Waals surface area (Å²) in [5.74, 6) is 1.46. The van der Waals surface area contributed by atoms with Crippen molar-refractivity contribution < 1.29 is 4.52 Å². The maximum atomic E-state index is 5.21. The predicted octanol–water partition coefficient (Wildman–Crippen LogP) is 2.93. The molecule has 1 aliphatic rings. The van der Waals surface area contributed by atoms with Gasteiger partial charge in [-0.05, 0) is 32.6 Å². The highest BCUT2D eigenvalue weighted by molar-refractivity contribution is 5.25. The highest BCUT2D eigenvalue weighted by Crippen LogP contribution is 2.24. The molecule has 1 aromatic heterocycles. The average Bonchev–Trinajstić information content (AvgIpc) is 2.86. The molecule has 90 valence electrons. The Balaban J connectivity index is 1.89. The summed E-state index contributed by atoms with van der Waals surface area (Å²) in [7, 11) is 0. The van der Waals surface area contributed by atoms with Crippen LogP contribution in [0.2, 0.25) is 0 Å².